The van der Waals surface area contributed by atoms with Crippen molar-refractivity contribution in [3.63, 3.8) is 0 Å². The Morgan fingerprint density at radius 1 is 1.27 bits per heavy atom. The van der Waals surface area contributed by atoms with Crippen LogP contribution in [0.5, 0.6) is 0 Å². The van der Waals surface area contributed by atoms with Gasteiger partial charge in [-0.25, -0.2) is 0 Å². The SMILES string of the molecule is C=C(/C=C/C(C)=O)C(C)(C)C. The third-order valence-corrected chi connectivity index (χ3v) is 1.48. The van der Waals surface area contributed by atoms with E-state index in [0.29, 0.717) is 0 Å². The highest BCUT2D eigenvalue weighted by molar-refractivity contribution is 5.87. The van der Waals surface area contributed by atoms with Gasteiger partial charge in [-0.3, -0.25) is 4.79 Å². The van der Waals surface area contributed by atoms with E-state index < -0.39 is 0 Å². The first-order chi connectivity index (χ1) is 4.84. The number of hydrogen-bond acceptors (Lipinski definition) is 1. The molecule has 0 aromatic rings. The molecule has 0 aliphatic heterocycles. The van der Waals surface area contributed by atoms with E-state index >= 15 is 0 Å². The second-order valence-corrected chi connectivity index (χ2v) is 3.72. The molecule has 0 bridgehead atoms. The van der Waals surface area contributed by atoms with Crippen LogP contribution in [0, 0.1) is 5.41 Å². The quantitative estimate of drug-likeness (QED) is 0.439. The molecular formula is C10H16O. The van der Waals surface area contributed by atoms with Gasteiger partial charge in [0.15, 0.2) is 5.78 Å². The molecule has 0 unspecified atom stereocenters. The standard InChI is InChI=1S/C10H16O/c1-8(10(3,4)5)6-7-9(2)11/h6-7H,1H2,2-5H3/b7-6+. The smallest absolute Gasteiger partial charge is 0.152 e. The normalized spacial score (nSPS) is 12.0. The van der Waals surface area contributed by atoms with Gasteiger partial charge in [-0.1, -0.05) is 33.4 Å². The maximum atomic E-state index is 10.5. The molecule has 0 saturated carbocycles. The van der Waals surface area contributed by atoms with Gasteiger partial charge in [0, 0.05) is 0 Å². The zero-order valence-corrected chi connectivity index (χ0v) is 7.77. The maximum Gasteiger partial charge on any atom is 0.152 e. The van der Waals surface area contributed by atoms with Gasteiger partial charge < -0.3 is 0 Å². The lowest BCUT2D eigenvalue weighted by Crippen LogP contribution is -2.06. The lowest BCUT2D eigenvalue weighted by molar-refractivity contribution is -0.112. The molecule has 0 saturated heterocycles. The van der Waals surface area contributed by atoms with Crippen LogP contribution in [0.15, 0.2) is 24.3 Å². The van der Waals surface area contributed by atoms with Gasteiger partial charge in [-0.2, -0.15) is 0 Å². The lowest BCUT2D eigenvalue weighted by atomic mass is 9.87. The zero-order valence-electron chi connectivity index (χ0n) is 7.77. The largest absolute Gasteiger partial charge is 0.295 e. The number of carbonyl (C=O) groups is 1. The van der Waals surface area contributed by atoms with Crippen LogP contribution in [-0.2, 0) is 4.79 Å². The van der Waals surface area contributed by atoms with E-state index in [4.69, 9.17) is 0 Å². The summed E-state index contributed by atoms with van der Waals surface area (Å²) in [6, 6.07) is 0. The van der Waals surface area contributed by atoms with Crippen LogP contribution in [0.3, 0.4) is 0 Å². The zero-order chi connectivity index (χ0) is 9.07. The van der Waals surface area contributed by atoms with Gasteiger partial charge in [0.25, 0.3) is 0 Å². The molecule has 0 aromatic carbocycles. The first-order valence-electron chi connectivity index (χ1n) is 3.72. The second-order valence-electron chi connectivity index (χ2n) is 3.72. The summed E-state index contributed by atoms with van der Waals surface area (Å²) in [7, 11) is 0. The minimum absolute atomic E-state index is 0.0615. The number of rotatable bonds is 2. The lowest BCUT2D eigenvalue weighted by Gasteiger charge is -2.18. The van der Waals surface area contributed by atoms with Crippen molar-refractivity contribution < 1.29 is 4.79 Å². The van der Waals surface area contributed by atoms with Crippen LogP contribution in [0.4, 0.5) is 0 Å². The maximum absolute atomic E-state index is 10.5. The minimum atomic E-state index is 0.0615. The van der Waals surface area contributed by atoms with E-state index in [9.17, 15) is 4.79 Å². The summed E-state index contributed by atoms with van der Waals surface area (Å²) < 4.78 is 0. The van der Waals surface area contributed by atoms with E-state index in [-0.39, 0.29) is 11.2 Å². The fourth-order valence-electron chi connectivity index (χ4n) is 0.468. The predicted octanol–water partition coefficient (Wildman–Crippen LogP) is 2.73. The van der Waals surface area contributed by atoms with Gasteiger partial charge in [-0.15, -0.1) is 0 Å². The third-order valence-electron chi connectivity index (χ3n) is 1.48. The summed E-state index contributed by atoms with van der Waals surface area (Å²) in [5.41, 5.74) is 1.04. The number of carbonyl (C=O) groups excluding carboxylic acids is 1. The van der Waals surface area contributed by atoms with Crippen molar-refractivity contribution in [2.24, 2.45) is 5.41 Å². The first kappa shape index (κ1) is 10.2. The Bertz CT molecular complexity index is 191. The predicted molar refractivity (Wildman–Crippen MR) is 48.4 cm³/mol. The molecule has 0 spiro atoms. The summed E-state index contributed by atoms with van der Waals surface area (Å²) in [5, 5.41) is 0. The van der Waals surface area contributed by atoms with E-state index in [1.807, 2.05) is 0 Å². The number of allylic oxidation sites excluding steroid dienone is 3. The van der Waals surface area contributed by atoms with Gasteiger partial charge >= 0.3 is 0 Å². The van der Waals surface area contributed by atoms with Crippen molar-refractivity contribution in [3.05, 3.63) is 24.3 Å². The fraction of sp³-hybridized carbons (Fsp3) is 0.500. The summed E-state index contributed by atoms with van der Waals surface area (Å²) in [5.74, 6) is 0.0652. The Hall–Kier alpha value is -0.850. The van der Waals surface area contributed by atoms with E-state index in [2.05, 4.69) is 27.4 Å². The first-order valence-corrected chi connectivity index (χ1v) is 3.72. The van der Waals surface area contributed by atoms with Crippen molar-refractivity contribution in [2.75, 3.05) is 0 Å². The third kappa shape index (κ3) is 4.54. The summed E-state index contributed by atoms with van der Waals surface area (Å²) >= 11 is 0. The van der Waals surface area contributed by atoms with Crippen LogP contribution in [0.1, 0.15) is 27.7 Å². The monoisotopic (exact) mass is 152 g/mol. The molecule has 0 aliphatic carbocycles. The molecule has 62 valence electrons. The van der Waals surface area contributed by atoms with Crippen LogP contribution >= 0.6 is 0 Å². The molecular weight excluding hydrogens is 136 g/mol. The van der Waals surface area contributed by atoms with Crippen molar-refractivity contribution >= 4 is 5.78 Å². The van der Waals surface area contributed by atoms with Gasteiger partial charge in [0.1, 0.15) is 0 Å². The Balaban J connectivity index is 4.20. The van der Waals surface area contributed by atoms with E-state index in [1.54, 1.807) is 12.2 Å². The molecule has 0 N–H and O–H groups in total. The Kier molecular flexibility index (Phi) is 3.24. The molecule has 0 aliphatic rings. The van der Waals surface area contributed by atoms with Crippen molar-refractivity contribution in [1.82, 2.24) is 0 Å². The van der Waals surface area contributed by atoms with Crippen molar-refractivity contribution in [2.45, 2.75) is 27.7 Å². The van der Waals surface area contributed by atoms with Gasteiger partial charge in [-0.05, 0) is 24.0 Å². The molecule has 1 nitrogen and oxygen atoms in total. The number of hydrogen-bond donors (Lipinski definition) is 0. The highest BCUT2D eigenvalue weighted by atomic mass is 16.1. The molecule has 0 atom stereocenters. The summed E-state index contributed by atoms with van der Waals surface area (Å²) in [6.07, 6.45) is 3.33. The molecule has 11 heavy (non-hydrogen) atoms. The van der Waals surface area contributed by atoms with Gasteiger partial charge in [0.05, 0.1) is 0 Å². The Morgan fingerprint density at radius 2 is 1.73 bits per heavy atom. The van der Waals surface area contributed by atoms with Gasteiger partial charge in [0.2, 0.25) is 0 Å². The fourth-order valence-corrected chi connectivity index (χ4v) is 0.468. The van der Waals surface area contributed by atoms with Crippen LogP contribution in [-0.4, -0.2) is 5.78 Å². The topological polar surface area (TPSA) is 17.1 Å². The molecule has 0 aromatic heterocycles. The summed E-state index contributed by atoms with van der Waals surface area (Å²) in [6.45, 7) is 11.6. The molecule has 0 fully saturated rings. The molecule has 0 heterocycles. The minimum Gasteiger partial charge on any atom is -0.295 e. The van der Waals surface area contributed by atoms with E-state index in [1.165, 1.54) is 6.92 Å². The van der Waals surface area contributed by atoms with Crippen LogP contribution in [0.2, 0.25) is 0 Å². The van der Waals surface area contributed by atoms with Crippen LogP contribution < -0.4 is 0 Å². The Labute approximate surface area is 68.8 Å². The Morgan fingerprint density at radius 3 is 2.00 bits per heavy atom. The van der Waals surface area contributed by atoms with E-state index in [0.717, 1.165) is 5.57 Å². The molecule has 0 rings (SSSR count). The van der Waals surface area contributed by atoms with Crippen molar-refractivity contribution in [1.29, 1.82) is 0 Å². The number of ketones is 1. The molecule has 1 heteroatoms. The highest BCUT2D eigenvalue weighted by Crippen LogP contribution is 2.23. The molecule has 0 amide bonds. The molecule has 0 radical (unpaired) electrons. The average Bonchev–Trinajstić information content (AvgIpc) is 1.80. The average molecular weight is 152 g/mol. The van der Waals surface area contributed by atoms with Crippen molar-refractivity contribution in [3.8, 4) is 0 Å². The second kappa shape index (κ2) is 3.51. The van der Waals surface area contributed by atoms with Crippen LogP contribution in [0.25, 0.3) is 0 Å². The summed E-state index contributed by atoms with van der Waals surface area (Å²) in [4.78, 5) is 10.5. The highest BCUT2D eigenvalue weighted by Gasteiger charge is 2.11.